The average molecular weight is 665 g/mol. The van der Waals surface area contributed by atoms with Gasteiger partial charge in [-0.3, -0.25) is 15.3 Å². The molecule has 2 aromatic heterocycles. The highest BCUT2D eigenvalue weighted by Crippen LogP contribution is 2.42. The lowest BCUT2D eigenvalue weighted by atomic mass is 9.81. The third-order valence-corrected chi connectivity index (χ3v) is 9.72. The van der Waals surface area contributed by atoms with Gasteiger partial charge in [0.25, 0.3) is 0 Å². The summed E-state index contributed by atoms with van der Waals surface area (Å²) in [4.78, 5) is 18.8. The van der Waals surface area contributed by atoms with Crippen molar-refractivity contribution in [2.75, 3.05) is 20.8 Å². The van der Waals surface area contributed by atoms with E-state index in [2.05, 4.69) is 32.8 Å². The first-order chi connectivity index (χ1) is 22.4. The molecule has 1 saturated carbocycles. The number of halogens is 2. The van der Waals surface area contributed by atoms with Crippen molar-refractivity contribution in [1.29, 1.82) is 0 Å². The van der Waals surface area contributed by atoms with E-state index < -0.39 is 6.23 Å². The highest BCUT2D eigenvalue weighted by Gasteiger charge is 2.27. The van der Waals surface area contributed by atoms with E-state index in [-0.39, 0.29) is 6.04 Å². The molecule has 0 bridgehead atoms. The van der Waals surface area contributed by atoms with Crippen LogP contribution in [0.1, 0.15) is 44.0 Å². The number of nitrogens with one attached hydrogen (secondary N) is 3. The average Bonchev–Trinajstić information content (AvgIpc) is 3.49. The van der Waals surface area contributed by atoms with Gasteiger partial charge in [0.15, 0.2) is 0 Å². The quantitative estimate of drug-likeness (QED) is 0.151. The summed E-state index contributed by atoms with van der Waals surface area (Å²) in [6, 6.07) is 12.2. The zero-order chi connectivity index (χ0) is 32.2. The van der Waals surface area contributed by atoms with Crippen molar-refractivity contribution in [3.05, 3.63) is 70.2 Å². The Kier molecular flexibility index (Phi) is 10.3. The van der Waals surface area contributed by atoms with E-state index in [0.29, 0.717) is 76.0 Å². The number of methoxy groups -OCH3 is 2. The van der Waals surface area contributed by atoms with Crippen molar-refractivity contribution in [2.45, 2.75) is 64.0 Å². The van der Waals surface area contributed by atoms with Crippen LogP contribution in [0.25, 0.3) is 33.6 Å². The standard InChI is InChI=1S/C34H39Cl2N7O3/c1-19-10-12-25(19)38-18-29-34(46-3)43-27(17-40-29)24-9-5-7-22(32(24)36)21-6-4-8-23(31(21)35)26-16-39-28(33(42-26)45-2)15-37-14-20-11-13-30(44)41-20/h4-9,16-17,19-20,25,30,37-38,41,44H,10-15,18H2,1-3H3/t19?,20-,25+,30?/m0/s1. The lowest BCUT2D eigenvalue weighted by molar-refractivity contribution is 0.154. The number of rotatable bonds is 12. The van der Waals surface area contributed by atoms with E-state index in [1.165, 1.54) is 12.8 Å². The summed E-state index contributed by atoms with van der Waals surface area (Å²) in [6.45, 7) is 4.03. The zero-order valence-electron chi connectivity index (χ0n) is 26.2. The fourth-order valence-electron chi connectivity index (χ4n) is 6.02. The fourth-order valence-corrected chi connectivity index (χ4v) is 6.67. The van der Waals surface area contributed by atoms with Gasteiger partial charge in [0.2, 0.25) is 11.8 Å². The molecule has 4 atom stereocenters. The fraction of sp³-hybridized carbons (Fsp3) is 0.412. The van der Waals surface area contributed by atoms with Crippen LogP contribution < -0.4 is 25.4 Å². The predicted octanol–water partition coefficient (Wildman–Crippen LogP) is 5.64. The number of benzene rings is 2. The first-order valence-corrected chi connectivity index (χ1v) is 16.4. The molecule has 6 rings (SSSR count). The molecule has 2 fully saturated rings. The van der Waals surface area contributed by atoms with E-state index >= 15 is 0 Å². The molecule has 2 unspecified atom stereocenters. The predicted molar refractivity (Wildman–Crippen MR) is 180 cm³/mol. The van der Waals surface area contributed by atoms with Gasteiger partial charge in [-0.25, -0.2) is 9.97 Å². The smallest absolute Gasteiger partial charge is 0.237 e. The molecule has 4 N–H and O–H groups in total. The SMILES string of the molecule is COc1nc(-c2cccc(-c3cccc(-c4cnc(CN[C@@H]5CCC5C)c(OC)n4)c3Cl)c2Cl)cnc1CNC[C@@H]1CCC(O)N1. The van der Waals surface area contributed by atoms with Gasteiger partial charge in [-0.2, -0.15) is 0 Å². The Morgan fingerprint density at radius 2 is 1.37 bits per heavy atom. The van der Waals surface area contributed by atoms with Gasteiger partial charge in [-0.05, 0) is 31.6 Å². The number of aliphatic hydroxyl groups is 1. The summed E-state index contributed by atoms with van der Waals surface area (Å²) in [6.07, 6.45) is 7.10. The number of ether oxygens (including phenoxy) is 2. The molecular formula is C34H39Cl2N7O3. The molecule has 10 nitrogen and oxygen atoms in total. The molecule has 46 heavy (non-hydrogen) atoms. The van der Waals surface area contributed by atoms with Crippen molar-refractivity contribution < 1.29 is 14.6 Å². The number of aromatic nitrogens is 4. The van der Waals surface area contributed by atoms with Crippen LogP contribution in [-0.4, -0.2) is 64.1 Å². The minimum atomic E-state index is -0.435. The van der Waals surface area contributed by atoms with E-state index in [4.69, 9.17) is 42.6 Å². The molecule has 0 amide bonds. The van der Waals surface area contributed by atoms with Crippen LogP contribution in [0.5, 0.6) is 11.8 Å². The van der Waals surface area contributed by atoms with Crippen molar-refractivity contribution in [3.8, 4) is 45.4 Å². The number of hydrogen-bond donors (Lipinski definition) is 4. The summed E-state index contributed by atoms with van der Waals surface area (Å²) in [5.41, 5.74) is 5.56. The molecule has 3 heterocycles. The van der Waals surface area contributed by atoms with Gasteiger partial charge in [0, 0.05) is 54.0 Å². The maximum Gasteiger partial charge on any atom is 0.237 e. The maximum atomic E-state index is 9.69. The lowest BCUT2D eigenvalue weighted by Gasteiger charge is -2.34. The first-order valence-electron chi connectivity index (χ1n) is 15.6. The van der Waals surface area contributed by atoms with Gasteiger partial charge >= 0.3 is 0 Å². The van der Waals surface area contributed by atoms with Crippen LogP contribution in [0, 0.1) is 5.92 Å². The molecule has 1 aliphatic heterocycles. The molecule has 2 aromatic carbocycles. The summed E-state index contributed by atoms with van der Waals surface area (Å²) < 4.78 is 11.2. The third kappa shape index (κ3) is 6.97. The Balaban J connectivity index is 1.23. The van der Waals surface area contributed by atoms with E-state index in [1.54, 1.807) is 26.6 Å². The summed E-state index contributed by atoms with van der Waals surface area (Å²) in [5, 5.41) is 20.8. The molecule has 1 aliphatic carbocycles. The monoisotopic (exact) mass is 663 g/mol. The highest BCUT2D eigenvalue weighted by atomic mass is 35.5. The Labute approximate surface area is 279 Å². The zero-order valence-corrected chi connectivity index (χ0v) is 27.7. The van der Waals surface area contributed by atoms with E-state index in [0.717, 1.165) is 35.2 Å². The topological polar surface area (TPSA) is 126 Å². The van der Waals surface area contributed by atoms with Crippen molar-refractivity contribution in [1.82, 2.24) is 35.9 Å². The van der Waals surface area contributed by atoms with Gasteiger partial charge in [0.1, 0.15) is 17.6 Å². The second-order valence-electron chi connectivity index (χ2n) is 11.9. The molecule has 1 saturated heterocycles. The Morgan fingerprint density at radius 1 is 0.804 bits per heavy atom. The molecule has 12 heteroatoms. The first kappa shape index (κ1) is 32.6. The third-order valence-electron chi connectivity index (χ3n) is 8.90. The Morgan fingerprint density at radius 3 is 1.85 bits per heavy atom. The lowest BCUT2D eigenvalue weighted by Crippen LogP contribution is -2.42. The molecule has 2 aliphatic rings. The summed E-state index contributed by atoms with van der Waals surface area (Å²) >= 11 is 14.1. The number of hydrogen-bond acceptors (Lipinski definition) is 10. The number of nitrogens with zero attached hydrogens (tertiary/aromatic N) is 4. The maximum absolute atomic E-state index is 9.69. The molecule has 4 aromatic rings. The van der Waals surface area contributed by atoms with Crippen LogP contribution in [0.3, 0.4) is 0 Å². The van der Waals surface area contributed by atoms with Gasteiger partial charge in [0.05, 0.1) is 48.0 Å². The minimum Gasteiger partial charge on any atom is -0.480 e. The minimum absolute atomic E-state index is 0.219. The van der Waals surface area contributed by atoms with Gasteiger partial charge in [-0.1, -0.05) is 66.5 Å². The van der Waals surface area contributed by atoms with Gasteiger partial charge < -0.3 is 25.2 Å². The van der Waals surface area contributed by atoms with E-state index in [1.807, 2.05) is 36.4 Å². The van der Waals surface area contributed by atoms with Crippen LogP contribution in [0.2, 0.25) is 10.0 Å². The molecule has 0 spiro atoms. The van der Waals surface area contributed by atoms with Crippen molar-refractivity contribution >= 4 is 23.2 Å². The van der Waals surface area contributed by atoms with Crippen LogP contribution >= 0.6 is 23.2 Å². The van der Waals surface area contributed by atoms with Crippen LogP contribution in [-0.2, 0) is 13.1 Å². The van der Waals surface area contributed by atoms with E-state index in [9.17, 15) is 5.11 Å². The number of aliphatic hydroxyl groups excluding tert-OH is 1. The molecule has 242 valence electrons. The summed E-state index contributed by atoms with van der Waals surface area (Å²) in [5.74, 6) is 1.56. The molecular weight excluding hydrogens is 625 g/mol. The summed E-state index contributed by atoms with van der Waals surface area (Å²) in [7, 11) is 3.18. The van der Waals surface area contributed by atoms with Crippen molar-refractivity contribution in [3.63, 3.8) is 0 Å². The van der Waals surface area contributed by atoms with Crippen LogP contribution in [0.4, 0.5) is 0 Å². The van der Waals surface area contributed by atoms with Crippen LogP contribution in [0.15, 0.2) is 48.8 Å². The molecule has 0 radical (unpaired) electrons. The Bertz CT molecular complexity index is 1690. The second-order valence-corrected chi connectivity index (χ2v) is 12.6. The largest absolute Gasteiger partial charge is 0.480 e. The Hall–Kier alpha value is -3.38. The highest BCUT2D eigenvalue weighted by molar-refractivity contribution is 6.39. The normalized spacial score (nSPS) is 20.8. The van der Waals surface area contributed by atoms with Crippen molar-refractivity contribution in [2.24, 2.45) is 5.92 Å². The van der Waals surface area contributed by atoms with Gasteiger partial charge in [-0.15, -0.1) is 0 Å². The second kappa shape index (κ2) is 14.6.